The summed E-state index contributed by atoms with van der Waals surface area (Å²) < 4.78 is 10.7. The Balaban J connectivity index is 0.00000220. The first-order valence-electron chi connectivity index (χ1n) is 6.88. The van der Waals surface area contributed by atoms with E-state index >= 15 is 0 Å². The van der Waals surface area contributed by atoms with E-state index in [0.717, 1.165) is 44.0 Å². The van der Waals surface area contributed by atoms with Gasteiger partial charge in [-0.2, -0.15) is 0 Å². The number of rotatable bonds is 6. The lowest BCUT2D eigenvalue weighted by atomic mass is 9.98. The second-order valence-corrected chi connectivity index (χ2v) is 5.07. The number of halogens is 1. The Labute approximate surface area is 131 Å². The fourth-order valence-corrected chi connectivity index (χ4v) is 2.61. The first-order chi connectivity index (χ1) is 9.63. The molecule has 118 valence electrons. The minimum absolute atomic E-state index is 0. The van der Waals surface area contributed by atoms with Gasteiger partial charge in [-0.1, -0.05) is 0 Å². The number of amides is 1. The number of carbonyl (C=O) groups is 1. The lowest BCUT2D eigenvalue weighted by Gasteiger charge is -2.29. The molecule has 1 aliphatic heterocycles. The molecular weight excluding hydrogens is 292 g/mol. The molecule has 0 aliphatic carbocycles. The van der Waals surface area contributed by atoms with Crippen LogP contribution >= 0.6 is 12.4 Å². The van der Waals surface area contributed by atoms with Gasteiger partial charge in [0, 0.05) is 19.5 Å². The predicted molar refractivity (Wildman–Crippen MR) is 84.2 cm³/mol. The van der Waals surface area contributed by atoms with Crippen molar-refractivity contribution in [1.29, 1.82) is 0 Å². The van der Waals surface area contributed by atoms with Gasteiger partial charge in [0.2, 0.25) is 5.91 Å². The smallest absolute Gasteiger partial charge is 0.217 e. The normalized spacial score (nSPS) is 14.0. The average Bonchev–Trinajstić information content (AvgIpc) is 2.45. The van der Waals surface area contributed by atoms with Crippen molar-refractivity contribution in [2.24, 2.45) is 5.73 Å². The highest BCUT2D eigenvalue weighted by Crippen LogP contribution is 2.33. The monoisotopic (exact) mass is 314 g/mol. The van der Waals surface area contributed by atoms with Gasteiger partial charge in [-0.05, 0) is 42.6 Å². The largest absolute Gasteiger partial charge is 0.493 e. The number of methoxy groups -OCH3 is 2. The van der Waals surface area contributed by atoms with E-state index in [1.54, 1.807) is 14.2 Å². The highest BCUT2D eigenvalue weighted by Gasteiger charge is 2.19. The van der Waals surface area contributed by atoms with Crippen LogP contribution in [0.25, 0.3) is 0 Å². The standard InChI is InChI=1S/C15H22N2O3.ClH/c1-19-13-8-11-5-7-17(6-3-4-15(16)18)10-12(11)9-14(13)20-2;/h8-9H,3-7,10H2,1-2H3,(H2,16,18);1H. The van der Waals surface area contributed by atoms with E-state index in [9.17, 15) is 4.79 Å². The Morgan fingerprint density at radius 1 is 1.24 bits per heavy atom. The Bertz CT molecular complexity index is 494. The maximum atomic E-state index is 10.8. The molecule has 0 atom stereocenters. The number of hydrogen-bond acceptors (Lipinski definition) is 4. The van der Waals surface area contributed by atoms with Crippen molar-refractivity contribution in [2.75, 3.05) is 27.3 Å². The molecule has 6 heteroatoms. The third-order valence-electron chi connectivity index (χ3n) is 3.69. The van der Waals surface area contributed by atoms with Crippen molar-refractivity contribution in [3.8, 4) is 11.5 Å². The van der Waals surface area contributed by atoms with E-state index in [0.29, 0.717) is 6.42 Å². The van der Waals surface area contributed by atoms with Crippen molar-refractivity contribution >= 4 is 18.3 Å². The number of carbonyl (C=O) groups excluding carboxylic acids is 1. The maximum absolute atomic E-state index is 10.8. The number of primary amides is 1. The lowest BCUT2D eigenvalue weighted by molar-refractivity contribution is -0.118. The summed E-state index contributed by atoms with van der Waals surface area (Å²) in [6.07, 6.45) is 2.26. The Kier molecular flexibility index (Phi) is 6.78. The van der Waals surface area contributed by atoms with Crippen LogP contribution < -0.4 is 15.2 Å². The summed E-state index contributed by atoms with van der Waals surface area (Å²) in [5, 5.41) is 0. The zero-order valence-corrected chi connectivity index (χ0v) is 13.4. The van der Waals surface area contributed by atoms with Crippen LogP contribution in [0.3, 0.4) is 0 Å². The van der Waals surface area contributed by atoms with Crippen molar-refractivity contribution in [3.63, 3.8) is 0 Å². The Morgan fingerprint density at radius 3 is 2.43 bits per heavy atom. The van der Waals surface area contributed by atoms with Crippen LogP contribution in [0.1, 0.15) is 24.0 Å². The average molecular weight is 315 g/mol. The van der Waals surface area contributed by atoms with E-state index in [4.69, 9.17) is 15.2 Å². The molecule has 5 nitrogen and oxygen atoms in total. The molecule has 1 heterocycles. The van der Waals surface area contributed by atoms with E-state index in [1.165, 1.54) is 11.1 Å². The van der Waals surface area contributed by atoms with Gasteiger partial charge >= 0.3 is 0 Å². The van der Waals surface area contributed by atoms with Crippen LogP contribution in [0.2, 0.25) is 0 Å². The molecule has 0 radical (unpaired) electrons. The van der Waals surface area contributed by atoms with Crippen molar-refractivity contribution in [3.05, 3.63) is 23.3 Å². The van der Waals surface area contributed by atoms with Gasteiger partial charge in [-0.15, -0.1) is 12.4 Å². The van der Waals surface area contributed by atoms with Gasteiger partial charge in [-0.25, -0.2) is 0 Å². The maximum Gasteiger partial charge on any atom is 0.217 e. The quantitative estimate of drug-likeness (QED) is 0.869. The van der Waals surface area contributed by atoms with Gasteiger partial charge in [0.25, 0.3) is 0 Å². The SMILES string of the molecule is COc1cc2c(cc1OC)CN(CCCC(N)=O)CC2.Cl. The fourth-order valence-electron chi connectivity index (χ4n) is 2.61. The van der Waals surface area contributed by atoms with E-state index < -0.39 is 0 Å². The number of fused-ring (bicyclic) bond motifs is 1. The van der Waals surface area contributed by atoms with Gasteiger partial charge in [-0.3, -0.25) is 9.69 Å². The summed E-state index contributed by atoms with van der Waals surface area (Å²) in [5.41, 5.74) is 7.75. The second-order valence-electron chi connectivity index (χ2n) is 5.07. The lowest BCUT2D eigenvalue weighted by Crippen LogP contribution is -2.32. The van der Waals surface area contributed by atoms with Gasteiger partial charge in [0.15, 0.2) is 11.5 Å². The topological polar surface area (TPSA) is 64.8 Å². The van der Waals surface area contributed by atoms with Crippen LogP contribution in [0.5, 0.6) is 11.5 Å². The summed E-state index contributed by atoms with van der Waals surface area (Å²) in [6, 6.07) is 4.11. The Morgan fingerprint density at radius 2 is 1.86 bits per heavy atom. The summed E-state index contributed by atoms with van der Waals surface area (Å²) in [5.74, 6) is 1.33. The zero-order valence-electron chi connectivity index (χ0n) is 12.6. The molecule has 1 aliphatic rings. The molecule has 0 fully saturated rings. The van der Waals surface area contributed by atoms with Crippen molar-refractivity contribution < 1.29 is 14.3 Å². The number of nitrogens with zero attached hydrogens (tertiary/aromatic N) is 1. The molecule has 2 rings (SSSR count). The van der Waals surface area contributed by atoms with Crippen molar-refractivity contribution in [2.45, 2.75) is 25.8 Å². The minimum atomic E-state index is -0.228. The second kappa shape index (κ2) is 8.10. The van der Waals surface area contributed by atoms with E-state index in [2.05, 4.69) is 17.0 Å². The summed E-state index contributed by atoms with van der Waals surface area (Å²) in [4.78, 5) is 13.1. The third-order valence-corrected chi connectivity index (χ3v) is 3.69. The van der Waals surface area contributed by atoms with E-state index in [1.807, 2.05) is 0 Å². The van der Waals surface area contributed by atoms with Gasteiger partial charge in [0.05, 0.1) is 14.2 Å². The van der Waals surface area contributed by atoms with Crippen molar-refractivity contribution in [1.82, 2.24) is 4.90 Å². The number of hydrogen-bond donors (Lipinski definition) is 1. The third kappa shape index (κ3) is 4.51. The number of nitrogens with two attached hydrogens (primary N) is 1. The summed E-state index contributed by atoms with van der Waals surface area (Å²) >= 11 is 0. The molecule has 1 aromatic rings. The highest BCUT2D eigenvalue weighted by atomic mass is 35.5. The first kappa shape index (κ1) is 17.6. The molecule has 0 bridgehead atoms. The molecule has 0 saturated heterocycles. The predicted octanol–water partition coefficient (Wildman–Crippen LogP) is 1.75. The Hall–Kier alpha value is -1.46. The molecule has 2 N–H and O–H groups in total. The summed E-state index contributed by atoms with van der Waals surface area (Å²) in [6.45, 7) is 2.78. The van der Waals surface area contributed by atoms with Crippen LogP contribution in [0, 0.1) is 0 Å². The minimum Gasteiger partial charge on any atom is -0.493 e. The van der Waals surface area contributed by atoms with Crippen LogP contribution in [0.15, 0.2) is 12.1 Å². The highest BCUT2D eigenvalue weighted by molar-refractivity contribution is 5.85. The first-order valence-corrected chi connectivity index (χ1v) is 6.88. The van der Waals surface area contributed by atoms with Crippen LogP contribution in [0.4, 0.5) is 0 Å². The molecular formula is C15H23ClN2O3. The molecule has 1 aromatic carbocycles. The molecule has 0 unspecified atom stereocenters. The van der Waals surface area contributed by atoms with Crippen LogP contribution in [-0.2, 0) is 17.8 Å². The number of benzene rings is 1. The molecule has 0 saturated carbocycles. The molecule has 1 amide bonds. The number of ether oxygens (including phenoxy) is 2. The fraction of sp³-hybridized carbons (Fsp3) is 0.533. The molecule has 0 aromatic heterocycles. The molecule has 0 spiro atoms. The van der Waals surface area contributed by atoms with E-state index in [-0.39, 0.29) is 18.3 Å². The molecule has 21 heavy (non-hydrogen) atoms. The van der Waals surface area contributed by atoms with Crippen LogP contribution in [-0.4, -0.2) is 38.1 Å². The van der Waals surface area contributed by atoms with Gasteiger partial charge in [0.1, 0.15) is 0 Å². The zero-order chi connectivity index (χ0) is 14.5. The van der Waals surface area contributed by atoms with Gasteiger partial charge < -0.3 is 15.2 Å². The summed E-state index contributed by atoms with van der Waals surface area (Å²) in [7, 11) is 3.31.